The standard InChI is InChI=1S/C19H37N9O5/c1-19(2,3)33-18(32)28-13(7-5-9-25-17(22)23)15(31)26-10-14(30)27-12(11-29)6-4-8-24-16(20)21/h11-13H,4-10H2,1-3H3,(H,26,31)(H,27,30)(H,28,32)(H4,20,21,24)(H4,22,23,25)/t12-,13+/m0/s1. The van der Waals surface area contributed by atoms with Crippen molar-refractivity contribution in [2.24, 2.45) is 32.9 Å². The van der Waals surface area contributed by atoms with Crippen LogP contribution in [-0.2, 0) is 19.1 Å². The van der Waals surface area contributed by atoms with E-state index in [-0.39, 0.29) is 24.9 Å². The highest BCUT2D eigenvalue weighted by molar-refractivity contribution is 5.90. The molecule has 33 heavy (non-hydrogen) atoms. The minimum atomic E-state index is -0.983. The second-order valence-electron chi connectivity index (χ2n) is 8.12. The summed E-state index contributed by atoms with van der Waals surface area (Å²) in [5, 5.41) is 7.41. The molecule has 0 aliphatic heterocycles. The Labute approximate surface area is 193 Å². The highest BCUT2D eigenvalue weighted by Crippen LogP contribution is 2.08. The van der Waals surface area contributed by atoms with E-state index >= 15 is 0 Å². The fourth-order valence-electron chi connectivity index (χ4n) is 2.46. The van der Waals surface area contributed by atoms with Gasteiger partial charge in [-0.05, 0) is 46.5 Å². The number of carbonyl (C=O) groups excluding carboxylic acids is 4. The van der Waals surface area contributed by atoms with Gasteiger partial charge in [-0.1, -0.05) is 0 Å². The van der Waals surface area contributed by atoms with Crippen LogP contribution in [-0.4, -0.2) is 73.4 Å². The molecule has 0 aromatic carbocycles. The van der Waals surface area contributed by atoms with Gasteiger partial charge in [0, 0.05) is 13.1 Å². The number of nitrogens with zero attached hydrogens (tertiary/aromatic N) is 2. The average molecular weight is 472 g/mol. The third-order valence-electron chi connectivity index (χ3n) is 3.85. The Morgan fingerprint density at radius 2 is 1.48 bits per heavy atom. The summed E-state index contributed by atoms with van der Waals surface area (Å²) in [5.41, 5.74) is 20.2. The molecule has 0 unspecified atom stereocenters. The maximum atomic E-state index is 12.6. The summed E-state index contributed by atoms with van der Waals surface area (Å²) in [4.78, 5) is 55.5. The van der Waals surface area contributed by atoms with Crippen LogP contribution in [0.3, 0.4) is 0 Å². The van der Waals surface area contributed by atoms with Gasteiger partial charge in [0.25, 0.3) is 0 Å². The third-order valence-corrected chi connectivity index (χ3v) is 3.85. The first-order valence-electron chi connectivity index (χ1n) is 10.5. The van der Waals surface area contributed by atoms with E-state index in [2.05, 4.69) is 25.9 Å². The lowest BCUT2D eigenvalue weighted by molar-refractivity contribution is -0.128. The summed E-state index contributed by atoms with van der Waals surface area (Å²) < 4.78 is 5.18. The van der Waals surface area contributed by atoms with Gasteiger partial charge in [-0.25, -0.2) is 4.79 Å². The first-order chi connectivity index (χ1) is 15.3. The zero-order chi connectivity index (χ0) is 25.4. The van der Waals surface area contributed by atoms with Crippen molar-refractivity contribution in [2.45, 2.75) is 64.1 Å². The average Bonchev–Trinajstić information content (AvgIpc) is 2.68. The van der Waals surface area contributed by atoms with Crippen LogP contribution in [0.5, 0.6) is 0 Å². The summed E-state index contributed by atoms with van der Waals surface area (Å²) in [6, 6.07) is -1.73. The van der Waals surface area contributed by atoms with Gasteiger partial charge in [0.1, 0.15) is 17.9 Å². The lowest BCUT2D eigenvalue weighted by Gasteiger charge is -2.23. The Kier molecular flexibility index (Phi) is 13.6. The molecule has 0 saturated carbocycles. The largest absolute Gasteiger partial charge is 0.444 e. The van der Waals surface area contributed by atoms with Crippen LogP contribution in [0.2, 0.25) is 0 Å². The number of hydrogen-bond acceptors (Lipinski definition) is 7. The van der Waals surface area contributed by atoms with Crippen molar-refractivity contribution >= 4 is 36.1 Å². The highest BCUT2D eigenvalue weighted by Gasteiger charge is 2.24. The summed E-state index contributed by atoms with van der Waals surface area (Å²) in [5.74, 6) is -1.32. The molecule has 0 saturated heterocycles. The van der Waals surface area contributed by atoms with E-state index in [0.717, 1.165) is 0 Å². The molecule has 0 bridgehead atoms. The highest BCUT2D eigenvalue weighted by atomic mass is 16.6. The number of alkyl carbamates (subject to hydrolysis) is 1. The summed E-state index contributed by atoms with van der Waals surface area (Å²) in [7, 11) is 0. The molecule has 0 aliphatic rings. The van der Waals surface area contributed by atoms with Crippen molar-refractivity contribution in [1.29, 1.82) is 0 Å². The maximum absolute atomic E-state index is 12.6. The second kappa shape index (κ2) is 15.3. The fraction of sp³-hybridized carbons (Fsp3) is 0.684. The third kappa shape index (κ3) is 16.7. The van der Waals surface area contributed by atoms with Gasteiger partial charge in [0.15, 0.2) is 11.9 Å². The zero-order valence-electron chi connectivity index (χ0n) is 19.4. The SMILES string of the molecule is CC(C)(C)OC(=O)N[C@H](CCCN=C(N)N)C(=O)NCC(=O)N[C@H](C=O)CCCN=C(N)N. The molecule has 0 rings (SSSR count). The Bertz CT molecular complexity index is 711. The molecule has 0 aromatic heterocycles. The number of rotatable bonds is 14. The Hall–Kier alpha value is -3.58. The number of nitrogens with two attached hydrogens (primary N) is 4. The minimum absolute atomic E-state index is 0.0581. The molecule has 0 heterocycles. The number of carbonyl (C=O) groups is 4. The number of aliphatic imine (C=N–C) groups is 2. The van der Waals surface area contributed by atoms with Crippen molar-refractivity contribution < 1.29 is 23.9 Å². The molecule has 188 valence electrons. The molecule has 0 spiro atoms. The van der Waals surface area contributed by atoms with Gasteiger partial charge >= 0.3 is 6.09 Å². The van der Waals surface area contributed by atoms with Crippen LogP contribution in [0, 0.1) is 0 Å². The molecule has 3 amide bonds. The maximum Gasteiger partial charge on any atom is 0.408 e. The van der Waals surface area contributed by atoms with Crippen LogP contribution >= 0.6 is 0 Å². The van der Waals surface area contributed by atoms with Crippen molar-refractivity contribution in [2.75, 3.05) is 19.6 Å². The monoisotopic (exact) mass is 471 g/mol. The van der Waals surface area contributed by atoms with E-state index < -0.39 is 42.1 Å². The van der Waals surface area contributed by atoms with Crippen molar-refractivity contribution in [1.82, 2.24) is 16.0 Å². The van der Waals surface area contributed by atoms with Gasteiger partial charge in [-0.2, -0.15) is 0 Å². The molecule has 0 aromatic rings. The minimum Gasteiger partial charge on any atom is -0.444 e. The normalized spacial score (nSPS) is 12.5. The van der Waals surface area contributed by atoms with Crippen LogP contribution < -0.4 is 38.9 Å². The predicted molar refractivity (Wildman–Crippen MR) is 124 cm³/mol. The number of aldehydes is 1. The molecule has 14 heteroatoms. The molecule has 0 aliphatic carbocycles. The van der Waals surface area contributed by atoms with E-state index in [1.807, 2.05) is 0 Å². The summed E-state index contributed by atoms with van der Waals surface area (Å²) in [6.45, 7) is 5.24. The van der Waals surface area contributed by atoms with Gasteiger partial charge in [0.05, 0.1) is 12.6 Å². The summed E-state index contributed by atoms with van der Waals surface area (Å²) in [6.07, 6.45) is 1.20. The van der Waals surface area contributed by atoms with E-state index in [0.29, 0.717) is 32.1 Å². The topological polar surface area (TPSA) is 242 Å². The van der Waals surface area contributed by atoms with Crippen LogP contribution in [0.1, 0.15) is 46.5 Å². The molecular formula is C19H37N9O5. The number of hydrogen-bond donors (Lipinski definition) is 7. The Morgan fingerprint density at radius 3 is 1.97 bits per heavy atom. The number of nitrogens with one attached hydrogen (secondary N) is 3. The van der Waals surface area contributed by atoms with Crippen molar-refractivity contribution in [3.8, 4) is 0 Å². The molecule has 11 N–H and O–H groups in total. The van der Waals surface area contributed by atoms with Crippen LogP contribution in [0.25, 0.3) is 0 Å². The van der Waals surface area contributed by atoms with E-state index in [9.17, 15) is 19.2 Å². The van der Waals surface area contributed by atoms with Crippen molar-refractivity contribution in [3.63, 3.8) is 0 Å². The van der Waals surface area contributed by atoms with E-state index in [1.54, 1.807) is 20.8 Å². The quantitative estimate of drug-likeness (QED) is 0.0627. The van der Waals surface area contributed by atoms with Gasteiger partial charge in [-0.3, -0.25) is 19.6 Å². The lowest BCUT2D eigenvalue weighted by Crippen LogP contribution is -2.51. The summed E-state index contributed by atoms with van der Waals surface area (Å²) >= 11 is 0. The molecule has 14 nitrogen and oxygen atoms in total. The van der Waals surface area contributed by atoms with Crippen molar-refractivity contribution in [3.05, 3.63) is 0 Å². The van der Waals surface area contributed by atoms with E-state index in [1.165, 1.54) is 0 Å². The molecule has 2 atom stereocenters. The first kappa shape index (κ1) is 29.4. The first-order valence-corrected chi connectivity index (χ1v) is 10.5. The van der Waals surface area contributed by atoms with Crippen LogP contribution in [0.4, 0.5) is 4.79 Å². The van der Waals surface area contributed by atoms with Gasteiger partial charge in [0.2, 0.25) is 11.8 Å². The fourth-order valence-corrected chi connectivity index (χ4v) is 2.46. The second-order valence-corrected chi connectivity index (χ2v) is 8.12. The predicted octanol–water partition coefficient (Wildman–Crippen LogP) is -2.21. The van der Waals surface area contributed by atoms with E-state index in [4.69, 9.17) is 27.7 Å². The van der Waals surface area contributed by atoms with Gasteiger partial charge in [-0.15, -0.1) is 0 Å². The Balaban J connectivity index is 4.78. The van der Waals surface area contributed by atoms with Crippen LogP contribution in [0.15, 0.2) is 9.98 Å². The number of guanidine groups is 2. The smallest absolute Gasteiger partial charge is 0.408 e. The van der Waals surface area contributed by atoms with Gasteiger partial charge < -0.3 is 48.4 Å². The zero-order valence-corrected chi connectivity index (χ0v) is 19.4. The molecule has 0 radical (unpaired) electrons. The molecule has 0 fully saturated rings. The number of ether oxygens (including phenoxy) is 1. The lowest BCUT2D eigenvalue weighted by atomic mass is 10.1. The molecular weight excluding hydrogens is 434 g/mol. The number of amides is 3. The Morgan fingerprint density at radius 1 is 0.939 bits per heavy atom.